The van der Waals surface area contributed by atoms with Crippen LogP contribution in [0.25, 0.3) is 0 Å². The first kappa shape index (κ1) is 14.0. The van der Waals surface area contributed by atoms with Gasteiger partial charge in [-0.25, -0.2) is 0 Å². The van der Waals surface area contributed by atoms with E-state index < -0.39 is 0 Å². The summed E-state index contributed by atoms with van der Waals surface area (Å²) in [5.74, 6) is 1.57. The Morgan fingerprint density at radius 2 is 2.06 bits per heavy atom. The van der Waals surface area contributed by atoms with Crippen LogP contribution in [0.3, 0.4) is 0 Å². The summed E-state index contributed by atoms with van der Waals surface area (Å²) in [5, 5.41) is 3.44. The third kappa shape index (κ3) is 5.22. The second-order valence-electron chi connectivity index (χ2n) is 4.45. The van der Waals surface area contributed by atoms with Crippen molar-refractivity contribution in [1.82, 2.24) is 5.32 Å². The molecule has 17 heavy (non-hydrogen) atoms. The van der Waals surface area contributed by atoms with Crippen LogP contribution in [0.5, 0.6) is 5.75 Å². The van der Waals surface area contributed by atoms with Gasteiger partial charge in [0, 0.05) is 0 Å². The Balaban J connectivity index is 2.44. The van der Waals surface area contributed by atoms with Crippen LogP contribution >= 0.6 is 0 Å². The topological polar surface area (TPSA) is 21.3 Å². The first-order valence-electron chi connectivity index (χ1n) is 6.71. The molecule has 0 saturated heterocycles. The molecule has 0 aliphatic rings. The Hall–Kier alpha value is -1.02. The summed E-state index contributed by atoms with van der Waals surface area (Å²) in [6, 6.07) is 8.45. The van der Waals surface area contributed by atoms with Crippen molar-refractivity contribution in [2.24, 2.45) is 0 Å². The van der Waals surface area contributed by atoms with Crippen LogP contribution in [0.15, 0.2) is 24.3 Å². The molecular weight excluding hydrogens is 210 g/mol. The second-order valence-corrected chi connectivity index (χ2v) is 4.45. The molecule has 96 valence electrons. The first-order chi connectivity index (χ1) is 8.27. The molecule has 0 spiro atoms. The van der Waals surface area contributed by atoms with Gasteiger partial charge in [-0.3, -0.25) is 0 Å². The lowest BCUT2D eigenvalue weighted by molar-refractivity contribution is 0.339. The van der Waals surface area contributed by atoms with Crippen molar-refractivity contribution in [1.29, 1.82) is 0 Å². The van der Waals surface area contributed by atoms with Crippen LogP contribution in [0.2, 0.25) is 0 Å². The molecular formula is C15H25NO. The fraction of sp³-hybridized carbons (Fsp3) is 0.600. The minimum Gasteiger partial charge on any atom is -0.494 e. The van der Waals surface area contributed by atoms with Crippen LogP contribution in [-0.2, 0) is 0 Å². The summed E-state index contributed by atoms with van der Waals surface area (Å²) in [6.45, 7) is 9.43. The van der Waals surface area contributed by atoms with Crippen molar-refractivity contribution >= 4 is 0 Å². The van der Waals surface area contributed by atoms with Gasteiger partial charge in [0.1, 0.15) is 5.75 Å². The number of nitrogens with one attached hydrogen (secondary N) is 1. The molecule has 1 aromatic carbocycles. The van der Waals surface area contributed by atoms with Gasteiger partial charge in [0.25, 0.3) is 0 Å². The van der Waals surface area contributed by atoms with Gasteiger partial charge in [-0.05, 0) is 56.5 Å². The summed E-state index contributed by atoms with van der Waals surface area (Å²) >= 11 is 0. The fourth-order valence-electron chi connectivity index (χ4n) is 1.86. The maximum atomic E-state index is 5.52. The molecule has 1 aromatic rings. The van der Waals surface area contributed by atoms with E-state index in [9.17, 15) is 0 Å². The van der Waals surface area contributed by atoms with Gasteiger partial charge < -0.3 is 10.1 Å². The molecule has 1 atom stereocenters. The van der Waals surface area contributed by atoms with Crippen molar-refractivity contribution < 1.29 is 4.74 Å². The molecule has 0 saturated carbocycles. The van der Waals surface area contributed by atoms with Crippen LogP contribution in [-0.4, -0.2) is 19.7 Å². The van der Waals surface area contributed by atoms with Crippen molar-refractivity contribution in [2.75, 3.05) is 19.7 Å². The lowest BCUT2D eigenvalue weighted by Crippen LogP contribution is -2.17. The molecule has 0 amide bonds. The molecule has 0 radical (unpaired) electrons. The average molecular weight is 235 g/mol. The smallest absolute Gasteiger partial charge is 0.119 e. The maximum absolute atomic E-state index is 5.52. The quantitative estimate of drug-likeness (QED) is 0.695. The van der Waals surface area contributed by atoms with Crippen molar-refractivity contribution in [3.63, 3.8) is 0 Å². The molecule has 0 heterocycles. The third-order valence-corrected chi connectivity index (χ3v) is 2.92. The number of rotatable bonds is 8. The van der Waals surface area contributed by atoms with Crippen LogP contribution in [0.1, 0.15) is 45.1 Å². The van der Waals surface area contributed by atoms with E-state index in [1.807, 2.05) is 13.0 Å². The molecule has 2 nitrogen and oxygen atoms in total. The van der Waals surface area contributed by atoms with Crippen molar-refractivity contribution in [3.8, 4) is 5.75 Å². The van der Waals surface area contributed by atoms with E-state index in [4.69, 9.17) is 4.74 Å². The number of ether oxygens (including phenoxy) is 1. The second kappa shape index (κ2) is 8.13. The minimum atomic E-state index is 0.583. The zero-order valence-electron chi connectivity index (χ0n) is 11.3. The molecule has 1 N–H and O–H groups in total. The first-order valence-corrected chi connectivity index (χ1v) is 6.71. The summed E-state index contributed by atoms with van der Waals surface area (Å²) in [7, 11) is 0. The van der Waals surface area contributed by atoms with E-state index in [1.54, 1.807) is 0 Å². The van der Waals surface area contributed by atoms with Gasteiger partial charge in [-0.2, -0.15) is 0 Å². The Labute approximate surface area is 105 Å². The highest BCUT2D eigenvalue weighted by Crippen LogP contribution is 2.22. The predicted octanol–water partition coefficient (Wildman–Crippen LogP) is 3.58. The Kier molecular flexibility index (Phi) is 6.71. The van der Waals surface area contributed by atoms with E-state index in [2.05, 4.69) is 37.4 Å². The van der Waals surface area contributed by atoms with Crippen molar-refractivity contribution in [3.05, 3.63) is 29.8 Å². The molecule has 1 unspecified atom stereocenters. The Morgan fingerprint density at radius 1 is 1.24 bits per heavy atom. The summed E-state index contributed by atoms with van der Waals surface area (Å²) < 4.78 is 5.52. The summed E-state index contributed by atoms with van der Waals surface area (Å²) in [5.41, 5.74) is 1.37. The molecule has 0 fully saturated rings. The van der Waals surface area contributed by atoms with Gasteiger partial charge in [0.15, 0.2) is 0 Å². The molecule has 0 aliphatic heterocycles. The molecule has 0 aromatic heterocycles. The average Bonchev–Trinajstić information content (AvgIpc) is 2.35. The number of benzene rings is 1. The van der Waals surface area contributed by atoms with Crippen LogP contribution in [0, 0.1) is 0 Å². The highest BCUT2D eigenvalue weighted by molar-refractivity contribution is 5.30. The highest BCUT2D eigenvalue weighted by atomic mass is 16.5. The zero-order chi connectivity index (χ0) is 12.5. The summed E-state index contributed by atoms with van der Waals surface area (Å²) in [6.07, 6.45) is 2.38. The van der Waals surface area contributed by atoms with Gasteiger partial charge >= 0.3 is 0 Å². The Bertz CT molecular complexity index is 312. The monoisotopic (exact) mass is 235 g/mol. The Morgan fingerprint density at radius 3 is 2.76 bits per heavy atom. The standard InChI is InChI=1S/C15H25NO/c1-4-10-16-11-9-13(3)14-7-6-8-15(12-14)17-5-2/h6-8,12-13,16H,4-5,9-11H2,1-3H3. The summed E-state index contributed by atoms with van der Waals surface area (Å²) in [4.78, 5) is 0. The molecule has 1 rings (SSSR count). The lowest BCUT2D eigenvalue weighted by Gasteiger charge is -2.13. The van der Waals surface area contributed by atoms with Gasteiger partial charge in [0.2, 0.25) is 0 Å². The SMILES string of the molecule is CCCNCCC(C)c1cccc(OCC)c1. The maximum Gasteiger partial charge on any atom is 0.119 e. The third-order valence-electron chi connectivity index (χ3n) is 2.92. The van der Waals surface area contributed by atoms with Gasteiger partial charge in [0.05, 0.1) is 6.61 Å². The highest BCUT2D eigenvalue weighted by Gasteiger charge is 2.06. The molecule has 0 bridgehead atoms. The van der Waals surface area contributed by atoms with E-state index in [1.165, 1.54) is 18.4 Å². The lowest BCUT2D eigenvalue weighted by atomic mass is 9.97. The zero-order valence-corrected chi connectivity index (χ0v) is 11.3. The van der Waals surface area contributed by atoms with Crippen molar-refractivity contribution in [2.45, 2.75) is 39.5 Å². The number of hydrogen-bond donors (Lipinski definition) is 1. The predicted molar refractivity (Wildman–Crippen MR) is 73.8 cm³/mol. The van der Waals surface area contributed by atoms with E-state index in [-0.39, 0.29) is 0 Å². The fourth-order valence-corrected chi connectivity index (χ4v) is 1.86. The van der Waals surface area contributed by atoms with Gasteiger partial charge in [-0.1, -0.05) is 26.0 Å². The number of hydrogen-bond acceptors (Lipinski definition) is 2. The van der Waals surface area contributed by atoms with Crippen LogP contribution in [0.4, 0.5) is 0 Å². The van der Waals surface area contributed by atoms with E-state index in [0.29, 0.717) is 5.92 Å². The molecule has 0 aliphatic carbocycles. The van der Waals surface area contributed by atoms with E-state index >= 15 is 0 Å². The normalized spacial score (nSPS) is 12.4. The largest absolute Gasteiger partial charge is 0.494 e. The van der Waals surface area contributed by atoms with Gasteiger partial charge in [-0.15, -0.1) is 0 Å². The van der Waals surface area contributed by atoms with Crippen LogP contribution < -0.4 is 10.1 Å². The molecule has 2 heteroatoms. The minimum absolute atomic E-state index is 0.583. The van der Waals surface area contributed by atoms with E-state index in [0.717, 1.165) is 25.4 Å².